The van der Waals surface area contributed by atoms with Gasteiger partial charge in [-0.05, 0) is 42.3 Å². The van der Waals surface area contributed by atoms with E-state index in [2.05, 4.69) is 0 Å². The molecule has 2 amide bonds. The molecule has 0 saturated heterocycles. The summed E-state index contributed by atoms with van der Waals surface area (Å²) >= 11 is 0. The van der Waals surface area contributed by atoms with Gasteiger partial charge in [-0.15, -0.1) is 0 Å². The second kappa shape index (κ2) is 9.59. The molecule has 8 heteroatoms. The van der Waals surface area contributed by atoms with E-state index in [4.69, 9.17) is 13.9 Å². The fourth-order valence-corrected chi connectivity index (χ4v) is 4.14. The number of carbonyl (C=O) groups is 3. The van der Waals surface area contributed by atoms with E-state index in [0.717, 1.165) is 10.5 Å². The van der Waals surface area contributed by atoms with Crippen molar-refractivity contribution in [3.8, 4) is 16.9 Å². The summed E-state index contributed by atoms with van der Waals surface area (Å²) in [6.45, 7) is 0.651. The van der Waals surface area contributed by atoms with Crippen LogP contribution in [-0.4, -0.2) is 42.9 Å². The Hall–Kier alpha value is -4.56. The number of ether oxygens (including phenoxy) is 2. The van der Waals surface area contributed by atoms with Gasteiger partial charge in [-0.1, -0.05) is 30.3 Å². The zero-order chi connectivity index (χ0) is 25.2. The summed E-state index contributed by atoms with van der Waals surface area (Å²) in [4.78, 5) is 52.1. The summed E-state index contributed by atoms with van der Waals surface area (Å²) in [6, 6.07) is 17.9. The molecular formula is C28H21NO7. The summed E-state index contributed by atoms with van der Waals surface area (Å²) in [5.74, 6) is -1.39. The minimum Gasteiger partial charge on any atom is -0.463 e. The Labute approximate surface area is 205 Å². The number of nitrogens with zero attached hydrogens (tertiary/aromatic N) is 1. The zero-order valence-corrected chi connectivity index (χ0v) is 19.4. The summed E-state index contributed by atoms with van der Waals surface area (Å²) in [5, 5.41) is 0.353. The van der Waals surface area contributed by atoms with Crippen LogP contribution >= 0.6 is 0 Å². The number of hydrogen-bond donors (Lipinski definition) is 0. The Bertz CT molecular complexity index is 1560. The van der Waals surface area contributed by atoms with E-state index in [1.54, 1.807) is 13.2 Å². The van der Waals surface area contributed by atoms with Gasteiger partial charge in [-0.3, -0.25) is 19.3 Å². The van der Waals surface area contributed by atoms with Crippen LogP contribution in [0, 0.1) is 0 Å². The molecule has 8 nitrogen and oxygen atoms in total. The number of methoxy groups -OCH3 is 1. The molecule has 1 aliphatic rings. The lowest BCUT2D eigenvalue weighted by molar-refractivity contribution is 0.0638. The van der Waals surface area contributed by atoms with E-state index in [-0.39, 0.29) is 40.0 Å². The van der Waals surface area contributed by atoms with Crippen LogP contribution in [0.4, 0.5) is 0 Å². The van der Waals surface area contributed by atoms with Crippen LogP contribution in [0.2, 0.25) is 0 Å². The number of fused-ring (bicyclic) bond motifs is 2. The zero-order valence-electron chi connectivity index (χ0n) is 19.4. The second-order valence-electron chi connectivity index (χ2n) is 8.26. The number of amides is 2. The fourth-order valence-electron chi connectivity index (χ4n) is 4.14. The predicted octanol–water partition coefficient (Wildman–Crippen LogP) is 4.31. The number of esters is 1. The molecule has 0 radical (unpaired) electrons. The first-order chi connectivity index (χ1) is 17.5. The average Bonchev–Trinajstić information content (AvgIpc) is 3.14. The second-order valence-corrected chi connectivity index (χ2v) is 8.26. The lowest BCUT2D eigenvalue weighted by atomic mass is 10.1. The summed E-state index contributed by atoms with van der Waals surface area (Å²) in [7, 11) is 1.55. The van der Waals surface area contributed by atoms with Crippen molar-refractivity contribution < 1.29 is 28.3 Å². The minimum absolute atomic E-state index is 0.120. The molecule has 0 unspecified atom stereocenters. The largest absolute Gasteiger partial charge is 0.463 e. The first-order valence-electron chi connectivity index (χ1n) is 11.3. The van der Waals surface area contributed by atoms with Gasteiger partial charge in [0.05, 0.1) is 27.6 Å². The summed E-state index contributed by atoms with van der Waals surface area (Å²) in [6.07, 6.45) is 1.90. The number of rotatable bonds is 7. The van der Waals surface area contributed by atoms with Gasteiger partial charge in [0.15, 0.2) is 5.43 Å². The quantitative estimate of drug-likeness (QED) is 0.167. The number of imide groups is 1. The van der Waals surface area contributed by atoms with Gasteiger partial charge in [0, 0.05) is 26.3 Å². The Kier molecular flexibility index (Phi) is 6.18. The lowest BCUT2D eigenvalue weighted by Crippen LogP contribution is -2.31. The molecule has 0 aliphatic carbocycles. The van der Waals surface area contributed by atoms with Crippen LogP contribution in [0.5, 0.6) is 5.75 Å². The summed E-state index contributed by atoms with van der Waals surface area (Å²) < 4.78 is 16.1. The van der Waals surface area contributed by atoms with Crippen molar-refractivity contribution >= 4 is 28.8 Å². The third kappa shape index (κ3) is 4.18. The van der Waals surface area contributed by atoms with E-state index in [9.17, 15) is 19.2 Å². The predicted molar refractivity (Wildman–Crippen MR) is 131 cm³/mol. The van der Waals surface area contributed by atoms with E-state index in [1.165, 1.54) is 36.6 Å². The van der Waals surface area contributed by atoms with Gasteiger partial charge in [0.25, 0.3) is 11.8 Å². The molecule has 180 valence electrons. The van der Waals surface area contributed by atoms with E-state index in [1.807, 2.05) is 30.3 Å². The maximum absolute atomic E-state index is 12.9. The van der Waals surface area contributed by atoms with Crippen molar-refractivity contribution in [2.45, 2.75) is 6.42 Å². The van der Waals surface area contributed by atoms with Crippen LogP contribution < -0.4 is 10.2 Å². The van der Waals surface area contributed by atoms with Gasteiger partial charge >= 0.3 is 5.97 Å². The number of hydrogen-bond acceptors (Lipinski definition) is 7. The smallest absolute Gasteiger partial charge is 0.343 e. The van der Waals surface area contributed by atoms with Crippen molar-refractivity contribution in [1.82, 2.24) is 4.90 Å². The molecule has 36 heavy (non-hydrogen) atoms. The molecule has 0 N–H and O–H groups in total. The van der Waals surface area contributed by atoms with Crippen LogP contribution in [0.15, 0.2) is 82.2 Å². The topological polar surface area (TPSA) is 103 Å². The molecule has 5 rings (SSSR count). The maximum atomic E-state index is 12.9. The Balaban J connectivity index is 1.36. The normalized spacial score (nSPS) is 12.8. The highest BCUT2D eigenvalue weighted by Gasteiger charge is 2.35. The molecule has 2 heterocycles. The van der Waals surface area contributed by atoms with E-state index in [0.29, 0.717) is 24.0 Å². The Morgan fingerprint density at radius 1 is 0.889 bits per heavy atom. The first-order valence-corrected chi connectivity index (χ1v) is 11.3. The van der Waals surface area contributed by atoms with Gasteiger partial charge < -0.3 is 13.9 Å². The first kappa shape index (κ1) is 23.2. The van der Waals surface area contributed by atoms with E-state index >= 15 is 0 Å². The molecule has 0 spiro atoms. The molecule has 0 atom stereocenters. The van der Waals surface area contributed by atoms with Crippen LogP contribution in [0.3, 0.4) is 0 Å². The van der Waals surface area contributed by atoms with Crippen molar-refractivity contribution in [3.05, 3.63) is 99.9 Å². The fraction of sp³-hybridized carbons (Fsp3) is 0.143. The molecule has 1 aromatic heterocycles. The van der Waals surface area contributed by atoms with Crippen molar-refractivity contribution in [2.75, 3.05) is 20.3 Å². The Morgan fingerprint density at radius 3 is 2.44 bits per heavy atom. The van der Waals surface area contributed by atoms with Crippen LogP contribution in [0.25, 0.3) is 22.1 Å². The van der Waals surface area contributed by atoms with Crippen molar-refractivity contribution in [2.24, 2.45) is 0 Å². The van der Waals surface area contributed by atoms with Crippen molar-refractivity contribution in [3.63, 3.8) is 0 Å². The summed E-state index contributed by atoms with van der Waals surface area (Å²) in [5.41, 5.74) is 1.77. The third-order valence-electron chi connectivity index (χ3n) is 5.98. The SMILES string of the molecule is COCCCN1C(=O)c2ccc(C(=O)Oc3ccc4c(=O)c(-c5ccccc5)coc4c3)cc2C1=O. The molecule has 1 aliphatic heterocycles. The number of benzene rings is 3. The van der Waals surface area contributed by atoms with E-state index < -0.39 is 17.8 Å². The molecule has 0 fully saturated rings. The Morgan fingerprint density at radius 2 is 1.67 bits per heavy atom. The van der Waals surface area contributed by atoms with Crippen LogP contribution in [-0.2, 0) is 4.74 Å². The molecule has 4 aromatic rings. The highest BCUT2D eigenvalue weighted by Crippen LogP contribution is 2.26. The molecule has 0 bridgehead atoms. The molecular weight excluding hydrogens is 462 g/mol. The maximum Gasteiger partial charge on any atom is 0.343 e. The molecule has 0 saturated carbocycles. The van der Waals surface area contributed by atoms with Gasteiger partial charge in [0.1, 0.15) is 17.6 Å². The van der Waals surface area contributed by atoms with Crippen LogP contribution in [0.1, 0.15) is 37.5 Å². The average molecular weight is 483 g/mol. The lowest BCUT2D eigenvalue weighted by Gasteiger charge is -2.12. The monoisotopic (exact) mass is 483 g/mol. The van der Waals surface area contributed by atoms with Gasteiger partial charge in [0.2, 0.25) is 0 Å². The standard InChI is InChI=1S/C28H21NO7/c1-34-13-5-12-29-26(31)20-10-8-18(14-22(20)27(29)32)28(33)36-19-9-11-21-24(15-19)35-16-23(25(21)30)17-6-3-2-4-7-17/h2-4,6-11,14-16H,5,12-13H2,1H3. The number of carbonyl (C=O) groups excluding carboxylic acids is 3. The van der Waals surface area contributed by atoms with Gasteiger partial charge in [-0.25, -0.2) is 4.79 Å². The van der Waals surface area contributed by atoms with Gasteiger partial charge in [-0.2, -0.15) is 0 Å². The highest BCUT2D eigenvalue weighted by molar-refractivity contribution is 6.22. The molecule has 3 aromatic carbocycles. The van der Waals surface area contributed by atoms with Crippen molar-refractivity contribution in [1.29, 1.82) is 0 Å². The third-order valence-corrected chi connectivity index (χ3v) is 5.98. The minimum atomic E-state index is -0.710. The highest BCUT2D eigenvalue weighted by atomic mass is 16.5.